The topological polar surface area (TPSA) is 56.1 Å². The summed E-state index contributed by atoms with van der Waals surface area (Å²) < 4.78 is 12.3. The molecule has 1 atom stereocenters. The summed E-state index contributed by atoms with van der Waals surface area (Å²) in [6.45, 7) is 3.23. The summed E-state index contributed by atoms with van der Waals surface area (Å²) in [4.78, 5) is 14.0. The fourth-order valence-electron chi connectivity index (χ4n) is 2.68. The molecule has 0 bridgehead atoms. The largest absolute Gasteiger partial charge is 0.469 e. The van der Waals surface area contributed by atoms with Crippen molar-refractivity contribution in [3.63, 3.8) is 0 Å². The highest BCUT2D eigenvalue weighted by Crippen LogP contribution is 2.14. The number of ether oxygens (including phenoxy) is 2. The van der Waals surface area contributed by atoms with Crippen LogP contribution in [0.5, 0.6) is 0 Å². The molecule has 1 unspecified atom stereocenters. The lowest BCUT2D eigenvalue weighted by molar-refractivity contribution is -0.147. The van der Waals surface area contributed by atoms with E-state index in [9.17, 15) is 4.79 Å². The molecule has 1 aliphatic rings. The van der Waals surface area contributed by atoms with Crippen molar-refractivity contribution in [2.75, 3.05) is 33.4 Å². The molecule has 0 spiro atoms. The third-order valence-electron chi connectivity index (χ3n) is 3.77. The molecule has 0 saturated carbocycles. The van der Waals surface area contributed by atoms with E-state index in [1.165, 1.54) is 7.11 Å². The van der Waals surface area contributed by atoms with Gasteiger partial charge >= 0.3 is 5.97 Å². The van der Waals surface area contributed by atoms with Crippen molar-refractivity contribution in [2.45, 2.75) is 6.54 Å². The molecule has 0 radical (unpaired) electrons. The Morgan fingerprint density at radius 2 is 2.38 bits per heavy atom. The van der Waals surface area contributed by atoms with E-state index in [1.54, 1.807) is 6.20 Å². The average molecular weight is 289 g/mol. The average Bonchev–Trinajstić information content (AvgIpc) is 2.87. The SMILES string of the molecule is COC(=O)C1COCCN(Cc2cccc3ccnn23)C1. The van der Waals surface area contributed by atoms with Gasteiger partial charge in [0.1, 0.15) is 0 Å². The maximum absolute atomic E-state index is 11.7. The number of carbonyl (C=O) groups is 1. The molecule has 2 aromatic heterocycles. The molecule has 0 N–H and O–H groups in total. The number of aromatic nitrogens is 2. The lowest BCUT2D eigenvalue weighted by Crippen LogP contribution is -2.34. The minimum atomic E-state index is -0.227. The molecular weight excluding hydrogens is 270 g/mol. The van der Waals surface area contributed by atoms with Crippen molar-refractivity contribution < 1.29 is 14.3 Å². The molecule has 1 aliphatic heterocycles. The third-order valence-corrected chi connectivity index (χ3v) is 3.77. The van der Waals surface area contributed by atoms with E-state index in [2.05, 4.69) is 16.1 Å². The number of methoxy groups -OCH3 is 1. The van der Waals surface area contributed by atoms with Crippen molar-refractivity contribution in [2.24, 2.45) is 5.92 Å². The third kappa shape index (κ3) is 3.06. The number of esters is 1. The van der Waals surface area contributed by atoms with Crippen LogP contribution in [0.15, 0.2) is 30.5 Å². The predicted molar refractivity (Wildman–Crippen MR) is 76.8 cm³/mol. The first kappa shape index (κ1) is 14.0. The van der Waals surface area contributed by atoms with E-state index in [0.29, 0.717) is 19.8 Å². The molecule has 3 heterocycles. The zero-order valence-electron chi connectivity index (χ0n) is 12.1. The summed E-state index contributed by atoms with van der Waals surface area (Å²) in [5.74, 6) is -0.437. The van der Waals surface area contributed by atoms with Crippen molar-refractivity contribution in [3.05, 3.63) is 36.2 Å². The molecule has 0 aliphatic carbocycles. The molecule has 6 heteroatoms. The summed E-state index contributed by atoms with van der Waals surface area (Å²) in [7, 11) is 1.42. The van der Waals surface area contributed by atoms with Gasteiger partial charge in [0, 0.05) is 25.8 Å². The molecule has 2 aromatic rings. The quantitative estimate of drug-likeness (QED) is 0.788. The summed E-state index contributed by atoms with van der Waals surface area (Å²) >= 11 is 0. The molecule has 6 nitrogen and oxygen atoms in total. The molecule has 112 valence electrons. The predicted octanol–water partition coefficient (Wildman–Crippen LogP) is 0.956. The van der Waals surface area contributed by atoms with Crippen molar-refractivity contribution in [1.82, 2.24) is 14.5 Å². The molecule has 0 amide bonds. The van der Waals surface area contributed by atoms with Crippen LogP contribution in [0.1, 0.15) is 5.69 Å². The molecule has 21 heavy (non-hydrogen) atoms. The van der Waals surface area contributed by atoms with Gasteiger partial charge in [-0.2, -0.15) is 5.10 Å². The number of carbonyl (C=O) groups excluding carboxylic acids is 1. The maximum atomic E-state index is 11.7. The van der Waals surface area contributed by atoms with E-state index in [1.807, 2.05) is 22.7 Å². The summed E-state index contributed by atoms with van der Waals surface area (Å²) in [5, 5.41) is 4.35. The van der Waals surface area contributed by atoms with E-state index in [-0.39, 0.29) is 11.9 Å². The molecule has 1 saturated heterocycles. The number of fused-ring (bicyclic) bond motifs is 1. The molecule has 1 fully saturated rings. The van der Waals surface area contributed by atoms with Crippen LogP contribution in [0, 0.1) is 5.92 Å². The van der Waals surface area contributed by atoms with Gasteiger partial charge in [-0.05, 0) is 18.2 Å². The van der Waals surface area contributed by atoms with Gasteiger partial charge in [0.15, 0.2) is 0 Å². The van der Waals surface area contributed by atoms with E-state index < -0.39 is 0 Å². The highest BCUT2D eigenvalue weighted by atomic mass is 16.5. The van der Waals surface area contributed by atoms with Gasteiger partial charge in [-0.25, -0.2) is 4.52 Å². The van der Waals surface area contributed by atoms with Crippen molar-refractivity contribution >= 4 is 11.5 Å². The van der Waals surface area contributed by atoms with Crippen molar-refractivity contribution in [1.29, 1.82) is 0 Å². The molecule has 3 rings (SSSR count). The number of pyridine rings is 1. The van der Waals surface area contributed by atoms with Gasteiger partial charge in [0.25, 0.3) is 0 Å². The standard InChI is InChI=1S/C15H19N3O3/c1-20-15(19)12-9-17(7-8-21-11-12)10-14-4-2-3-13-5-6-16-18(13)14/h2-6,12H,7-11H2,1H3. The lowest BCUT2D eigenvalue weighted by Gasteiger charge is -2.22. The Bertz CT molecular complexity index is 625. The van der Waals surface area contributed by atoms with E-state index in [0.717, 1.165) is 24.3 Å². The van der Waals surface area contributed by atoms with Crippen LogP contribution < -0.4 is 0 Å². The Kier molecular flexibility index (Phi) is 4.17. The van der Waals surface area contributed by atoms with Gasteiger partial charge in [0.05, 0.1) is 37.5 Å². The summed E-state index contributed by atoms with van der Waals surface area (Å²) in [6, 6.07) is 8.09. The van der Waals surface area contributed by atoms with Gasteiger partial charge in [0.2, 0.25) is 0 Å². The van der Waals surface area contributed by atoms with Crippen LogP contribution in [0.4, 0.5) is 0 Å². The number of hydrogen-bond donors (Lipinski definition) is 0. The van der Waals surface area contributed by atoms with Crippen LogP contribution in [-0.2, 0) is 20.8 Å². The van der Waals surface area contributed by atoms with Gasteiger partial charge in [-0.3, -0.25) is 9.69 Å². The highest BCUT2D eigenvalue weighted by Gasteiger charge is 2.25. The fourth-order valence-corrected chi connectivity index (χ4v) is 2.68. The van der Waals surface area contributed by atoms with Crippen LogP contribution >= 0.6 is 0 Å². The number of rotatable bonds is 3. The minimum absolute atomic E-state index is 0.209. The van der Waals surface area contributed by atoms with E-state index in [4.69, 9.17) is 9.47 Å². The Morgan fingerprint density at radius 3 is 3.24 bits per heavy atom. The second-order valence-electron chi connectivity index (χ2n) is 5.22. The van der Waals surface area contributed by atoms with Crippen LogP contribution in [0.3, 0.4) is 0 Å². The fraction of sp³-hybridized carbons (Fsp3) is 0.467. The van der Waals surface area contributed by atoms with Crippen molar-refractivity contribution in [3.8, 4) is 0 Å². The minimum Gasteiger partial charge on any atom is -0.469 e. The van der Waals surface area contributed by atoms with Gasteiger partial charge < -0.3 is 9.47 Å². The Labute approximate surface area is 123 Å². The first-order chi connectivity index (χ1) is 10.3. The van der Waals surface area contributed by atoms with Crippen LogP contribution in [0.25, 0.3) is 5.52 Å². The lowest BCUT2D eigenvalue weighted by atomic mass is 10.1. The summed E-state index contributed by atoms with van der Waals surface area (Å²) in [6.07, 6.45) is 1.79. The first-order valence-electron chi connectivity index (χ1n) is 7.07. The number of hydrogen-bond acceptors (Lipinski definition) is 5. The zero-order chi connectivity index (χ0) is 14.7. The second-order valence-corrected chi connectivity index (χ2v) is 5.22. The van der Waals surface area contributed by atoms with Gasteiger partial charge in [-0.15, -0.1) is 0 Å². The second kappa shape index (κ2) is 6.24. The van der Waals surface area contributed by atoms with Crippen LogP contribution in [-0.4, -0.2) is 53.9 Å². The smallest absolute Gasteiger partial charge is 0.312 e. The Morgan fingerprint density at radius 1 is 1.48 bits per heavy atom. The summed E-state index contributed by atoms with van der Waals surface area (Å²) in [5.41, 5.74) is 2.17. The Balaban J connectivity index is 1.76. The van der Waals surface area contributed by atoms with E-state index >= 15 is 0 Å². The highest BCUT2D eigenvalue weighted by molar-refractivity contribution is 5.72. The Hall–Kier alpha value is -1.92. The zero-order valence-corrected chi connectivity index (χ0v) is 12.1. The number of nitrogens with zero attached hydrogens (tertiary/aromatic N) is 3. The first-order valence-corrected chi connectivity index (χ1v) is 7.07. The molecule has 0 aromatic carbocycles. The maximum Gasteiger partial charge on any atom is 0.312 e. The molecular formula is C15H19N3O3. The normalized spacial score (nSPS) is 20.3. The van der Waals surface area contributed by atoms with Crippen LogP contribution in [0.2, 0.25) is 0 Å². The van der Waals surface area contributed by atoms with Gasteiger partial charge in [-0.1, -0.05) is 6.07 Å². The monoisotopic (exact) mass is 289 g/mol.